The Labute approximate surface area is 103 Å². The second kappa shape index (κ2) is 4.66. The molecule has 6 nitrogen and oxygen atoms in total. The van der Waals surface area contributed by atoms with E-state index < -0.39 is 6.23 Å². The summed E-state index contributed by atoms with van der Waals surface area (Å²) in [4.78, 5) is 12.1. The van der Waals surface area contributed by atoms with E-state index in [9.17, 15) is 9.90 Å². The molecule has 0 aliphatic rings. The zero-order valence-corrected chi connectivity index (χ0v) is 10.4. The standard InChI is InChI=1S/C12H14N2O4/c1-7(15)14-12(16)9-5-11(18-3)10(17-2)4-8(9)6-13-14/h4-7,15H,1-3H3. The summed E-state index contributed by atoms with van der Waals surface area (Å²) in [6.07, 6.45) is 0.529. The maximum atomic E-state index is 12.1. The van der Waals surface area contributed by atoms with Crippen molar-refractivity contribution < 1.29 is 14.6 Å². The van der Waals surface area contributed by atoms with Gasteiger partial charge in [0, 0.05) is 5.39 Å². The van der Waals surface area contributed by atoms with Crippen LogP contribution in [0.5, 0.6) is 11.5 Å². The van der Waals surface area contributed by atoms with E-state index in [2.05, 4.69) is 5.10 Å². The maximum absolute atomic E-state index is 12.1. The summed E-state index contributed by atoms with van der Waals surface area (Å²) < 4.78 is 11.3. The Bertz CT molecular complexity index is 634. The van der Waals surface area contributed by atoms with Crippen molar-refractivity contribution in [2.24, 2.45) is 0 Å². The fourth-order valence-electron chi connectivity index (χ4n) is 1.75. The number of benzene rings is 1. The number of ether oxygens (including phenoxy) is 2. The van der Waals surface area contributed by atoms with Crippen LogP contribution in [0.3, 0.4) is 0 Å². The zero-order chi connectivity index (χ0) is 13.3. The van der Waals surface area contributed by atoms with E-state index in [1.54, 1.807) is 12.1 Å². The molecule has 0 saturated heterocycles. The van der Waals surface area contributed by atoms with Gasteiger partial charge in [-0.15, -0.1) is 0 Å². The number of hydrogen-bond acceptors (Lipinski definition) is 5. The molecule has 1 heterocycles. The van der Waals surface area contributed by atoms with Crippen LogP contribution in [-0.2, 0) is 0 Å². The highest BCUT2D eigenvalue weighted by atomic mass is 16.5. The molecule has 0 saturated carbocycles. The van der Waals surface area contributed by atoms with Crippen molar-refractivity contribution in [2.75, 3.05) is 14.2 Å². The van der Waals surface area contributed by atoms with Crippen LogP contribution in [0.1, 0.15) is 13.2 Å². The molecule has 6 heteroatoms. The van der Waals surface area contributed by atoms with Gasteiger partial charge in [-0.2, -0.15) is 5.10 Å². The Morgan fingerprint density at radius 2 is 1.89 bits per heavy atom. The van der Waals surface area contributed by atoms with Crippen LogP contribution >= 0.6 is 0 Å². The minimum Gasteiger partial charge on any atom is -0.493 e. The molecule has 0 aliphatic carbocycles. The van der Waals surface area contributed by atoms with Gasteiger partial charge >= 0.3 is 0 Å². The van der Waals surface area contributed by atoms with Gasteiger partial charge in [0.1, 0.15) is 6.23 Å². The monoisotopic (exact) mass is 250 g/mol. The molecule has 1 aromatic carbocycles. The third-order valence-electron chi connectivity index (χ3n) is 2.67. The van der Waals surface area contributed by atoms with Gasteiger partial charge < -0.3 is 14.6 Å². The molecule has 0 aliphatic heterocycles. The Balaban J connectivity index is 2.78. The third-order valence-corrected chi connectivity index (χ3v) is 2.67. The van der Waals surface area contributed by atoms with Gasteiger partial charge in [0.15, 0.2) is 11.5 Å². The van der Waals surface area contributed by atoms with E-state index in [4.69, 9.17) is 9.47 Å². The van der Waals surface area contributed by atoms with E-state index in [0.29, 0.717) is 22.3 Å². The zero-order valence-electron chi connectivity index (χ0n) is 10.4. The highest BCUT2D eigenvalue weighted by molar-refractivity contribution is 5.84. The molecule has 2 aromatic rings. The first-order chi connectivity index (χ1) is 8.58. The van der Waals surface area contributed by atoms with Crippen molar-refractivity contribution in [2.45, 2.75) is 13.2 Å². The van der Waals surface area contributed by atoms with Crippen molar-refractivity contribution in [1.29, 1.82) is 0 Å². The van der Waals surface area contributed by atoms with E-state index >= 15 is 0 Å². The fraction of sp³-hybridized carbons (Fsp3) is 0.333. The predicted octanol–water partition coefficient (Wildman–Crippen LogP) is 0.924. The summed E-state index contributed by atoms with van der Waals surface area (Å²) in [5, 5.41) is 14.4. The largest absolute Gasteiger partial charge is 0.493 e. The van der Waals surface area contributed by atoms with Gasteiger partial charge in [-0.1, -0.05) is 0 Å². The predicted molar refractivity (Wildman–Crippen MR) is 66.0 cm³/mol. The lowest BCUT2D eigenvalue weighted by molar-refractivity contribution is 0.106. The van der Waals surface area contributed by atoms with Crippen LogP contribution in [0.25, 0.3) is 10.8 Å². The van der Waals surface area contributed by atoms with E-state index in [0.717, 1.165) is 4.68 Å². The lowest BCUT2D eigenvalue weighted by Crippen LogP contribution is -2.25. The van der Waals surface area contributed by atoms with Crippen LogP contribution in [0, 0.1) is 0 Å². The Hall–Kier alpha value is -2.08. The molecule has 0 bridgehead atoms. The first kappa shape index (κ1) is 12.4. The highest BCUT2D eigenvalue weighted by Crippen LogP contribution is 2.30. The average molecular weight is 250 g/mol. The number of aromatic nitrogens is 2. The number of fused-ring (bicyclic) bond motifs is 1. The first-order valence-electron chi connectivity index (χ1n) is 5.40. The van der Waals surface area contributed by atoms with E-state index in [-0.39, 0.29) is 5.56 Å². The minimum absolute atomic E-state index is 0.372. The summed E-state index contributed by atoms with van der Waals surface area (Å²) in [7, 11) is 3.02. The lowest BCUT2D eigenvalue weighted by Gasteiger charge is -2.11. The van der Waals surface area contributed by atoms with Gasteiger partial charge in [-0.25, -0.2) is 4.68 Å². The molecule has 1 aromatic heterocycles. The topological polar surface area (TPSA) is 73.6 Å². The average Bonchev–Trinajstić information content (AvgIpc) is 2.37. The van der Waals surface area contributed by atoms with Gasteiger partial charge in [0.2, 0.25) is 0 Å². The smallest absolute Gasteiger partial charge is 0.277 e. The van der Waals surface area contributed by atoms with Gasteiger partial charge in [-0.05, 0) is 19.1 Å². The normalized spacial score (nSPS) is 12.4. The number of aliphatic hydroxyl groups is 1. The van der Waals surface area contributed by atoms with Gasteiger partial charge in [0.25, 0.3) is 5.56 Å². The molecule has 2 rings (SSSR count). The van der Waals surface area contributed by atoms with Crippen molar-refractivity contribution in [3.63, 3.8) is 0 Å². The molecule has 1 atom stereocenters. The first-order valence-corrected chi connectivity index (χ1v) is 5.40. The summed E-state index contributed by atoms with van der Waals surface area (Å²) >= 11 is 0. The third kappa shape index (κ3) is 1.91. The number of nitrogens with zero attached hydrogens (tertiary/aromatic N) is 2. The Morgan fingerprint density at radius 1 is 1.28 bits per heavy atom. The maximum Gasteiger partial charge on any atom is 0.277 e. The molecule has 0 amide bonds. The molecule has 18 heavy (non-hydrogen) atoms. The van der Waals surface area contributed by atoms with Crippen molar-refractivity contribution in [1.82, 2.24) is 9.78 Å². The van der Waals surface area contributed by atoms with Crippen LogP contribution in [0.15, 0.2) is 23.1 Å². The molecular formula is C12H14N2O4. The van der Waals surface area contributed by atoms with Crippen molar-refractivity contribution in [3.05, 3.63) is 28.7 Å². The summed E-state index contributed by atoms with van der Waals surface area (Å²) in [5.41, 5.74) is -0.372. The quantitative estimate of drug-likeness (QED) is 0.877. The molecular weight excluding hydrogens is 236 g/mol. The Kier molecular flexibility index (Phi) is 3.20. The number of hydrogen-bond donors (Lipinski definition) is 1. The highest BCUT2D eigenvalue weighted by Gasteiger charge is 2.12. The number of aliphatic hydroxyl groups excluding tert-OH is 1. The SMILES string of the molecule is COc1cc2cnn(C(C)O)c(=O)c2cc1OC. The molecule has 96 valence electrons. The minimum atomic E-state index is -0.977. The summed E-state index contributed by atoms with van der Waals surface area (Å²) in [6, 6.07) is 3.26. The van der Waals surface area contributed by atoms with Crippen LogP contribution < -0.4 is 15.0 Å². The summed E-state index contributed by atoms with van der Waals surface area (Å²) in [5.74, 6) is 0.992. The van der Waals surface area contributed by atoms with Crippen molar-refractivity contribution in [3.8, 4) is 11.5 Å². The van der Waals surface area contributed by atoms with Gasteiger partial charge in [0.05, 0.1) is 25.8 Å². The number of methoxy groups -OCH3 is 2. The molecule has 0 fully saturated rings. The van der Waals surface area contributed by atoms with Crippen LogP contribution in [-0.4, -0.2) is 29.1 Å². The molecule has 1 N–H and O–H groups in total. The second-order valence-corrected chi connectivity index (χ2v) is 3.82. The summed E-state index contributed by atoms with van der Waals surface area (Å²) in [6.45, 7) is 1.47. The lowest BCUT2D eigenvalue weighted by atomic mass is 10.2. The van der Waals surface area contributed by atoms with Gasteiger partial charge in [-0.3, -0.25) is 4.79 Å². The van der Waals surface area contributed by atoms with Crippen LogP contribution in [0.4, 0.5) is 0 Å². The Morgan fingerprint density at radius 3 is 2.44 bits per heavy atom. The van der Waals surface area contributed by atoms with E-state index in [1.165, 1.54) is 27.3 Å². The number of rotatable bonds is 3. The van der Waals surface area contributed by atoms with Crippen molar-refractivity contribution >= 4 is 10.8 Å². The fourth-order valence-corrected chi connectivity index (χ4v) is 1.75. The second-order valence-electron chi connectivity index (χ2n) is 3.82. The molecule has 1 unspecified atom stereocenters. The van der Waals surface area contributed by atoms with E-state index in [1.807, 2.05) is 0 Å². The van der Waals surface area contributed by atoms with Crippen LogP contribution in [0.2, 0.25) is 0 Å². The molecule has 0 spiro atoms. The molecule has 0 radical (unpaired) electrons.